The third-order valence-corrected chi connectivity index (χ3v) is 6.18. The van der Waals surface area contributed by atoms with Gasteiger partial charge in [-0.3, -0.25) is 9.40 Å². The highest BCUT2D eigenvalue weighted by atomic mass is 32.2. The van der Waals surface area contributed by atoms with Crippen LogP contribution in [-0.4, -0.2) is 34.2 Å². The van der Waals surface area contributed by atoms with E-state index in [2.05, 4.69) is 43.1 Å². The summed E-state index contributed by atoms with van der Waals surface area (Å²) >= 11 is 0.890. The molecule has 0 saturated heterocycles. The van der Waals surface area contributed by atoms with E-state index in [1.807, 2.05) is 42.5 Å². The first-order chi connectivity index (χ1) is 19.0. The molecule has 0 saturated carbocycles. The molecule has 0 aliphatic carbocycles. The number of benzene rings is 3. The largest absolute Gasteiger partial charge is 0.573 e. The lowest BCUT2D eigenvalue weighted by molar-refractivity contribution is -0.274. The predicted octanol–water partition coefficient (Wildman–Crippen LogP) is 6.44. The Balaban J connectivity index is 1.40. The number of aliphatic imine (C=N–C) groups is 1. The van der Waals surface area contributed by atoms with Crippen LogP contribution in [-0.2, 0) is 7.05 Å². The fraction of sp³-hybridized carbons (Fsp3) is 0.185. The number of hydrogen-bond acceptors (Lipinski definition) is 6. The Labute approximate surface area is 232 Å². The first-order valence-electron chi connectivity index (χ1n) is 12.0. The number of para-hydroxylation sites is 1. The summed E-state index contributed by atoms with van der Waals surface area (Å²) in [7, 11) is 1.75. The Morgan fingerprint density at radius 3 is 2.55 bits per heavy atom. The van der Waals surface area contributed by atoms with Gasteiger partial charge < -0.3 is 15.8 Å². The van der Waals surface area contributed by atoms with Crippen molar-refractivity contribution in [2.75, 3.05) is 5.32 Å². The third kappa shape index (κ3) is 7.32. The molecule has 0 radical (unpaired) electrons. The molecule has 0 fully saturated rings. The number of amidine groups is 1. The quantitative estimate of drug-likeness (QED) is 0.128. The first kappa shape index (κ1) is 28.5. The molecule has 1 aromatic heterocycles. The molecule has 0 atom stereocenters. The molecule has 2 amide bonds. The van der Waals surface area contributed by atoms with E-state index in [1.165, 1.54) is 12.1 Å². The van der Waals surface area contributed by atoms with E-state index in [-0.39, 0.29) is 23.5 Å². The van der Waals surface area contributed by atoms with Gasteiger partial charge in [-0.2, -0.15) is 5.10 Å². The smallest absolute Gasteiger partial charge is 0.406 e. The monoisotopic (exact) mass is 569 g/mol. The maximum Gasteiger partial charge on any atom is 0.573 e. The van der Waals surface area contributed by atoms with Crippen molar-refractivity contribution in [2.45, 2.75) is 26.1 Å². The number of amides is 2. The molecule has 208 valence electrons. The van der Waals surface area contributed by atoms with Crippen LogP contribution in [0.3, 0.4) is 0 Å². The number of anilines is 1. The van der Waals surface area contributed by atoms with E-state index in [0.29, 0.717) is 16.8 Å². The van der Waals surface area contributed by atoms with Crippen LogP contribution in [0.4, 0.5) is 29.5 Å². The highest BCUT2D eigenvalue weighted by Gasteiger charge is 2.31. The molecular formula is C27H26F3N7O2S. The number of alkyl halides is 3. The normalized spacial score (nSPS) is 12.3. The van der Waals surface area contributed by atoms with E-state index in [0.717, 1.165) is 46.6 Å². The lowest BCUT2D eigenvalue weighted by Gasteiger charge is -2.13. The molecule has 4 rings (SSSR count). The first-order valence-corrected chi connectivity index (χ1v) is 12.8. The maximum atomic E-state index is 12.4. The van der Waals surface area contributed by atoms with Gasteiger partial charge >= 0.3 is 12.4 Å². The minimum absolute atomic E-state index is 0.0842. The minimum atomic E-state index is -4.78. The second-order valence-electron chi connectivity index (χ2n) is 8.92. The molecule has 4 N–H and O–H groups in total. The number of nitrogens with zero attached hydrogens (tertiary/aromatic N) is 4. The molecule has 3 aromatic carbocycles. The molecule has 0 aliphatic heterocycles. The summed E-state index contributed by atoms with van der Waals surface area (Å²) < 4.78 is 49.5. The molecule has 4 aromatic rings. The van der Waals surface area contributed by atoms with Gasteiger partial charge in [0.05, 0.1) is 17.7 Å². The number of hydrogen-bond donors (Lipinski definition) is 3. The van der Waals surface area contributed by atoms with Crippen LogP contribution >= 0.6 is 12.1 Å². The Hall–Kier alpha value is -4.52. The summed E-state index contributed by atoms with van der Waals surface area (Å²) in [5, 5.41) is 7.95. The van der Waals surface area contributed by atoms with E-state index in [4.69, 9.17) is 5.73 Å². The van der Waals surface area contributed by atoms with Gasteiger partial charge in [-0.05, 0) is 59.5 Å². The fourth-order valence-corrected chi connectivity index (χ4v) is 4.20. The number of halogens is 3. The van der Waals surface area contributed by atoms with Crippen LogP contribution in [0.15, 0.2) is 76.1 Å². The second-order valence-corrected chi connectivity index (χ2v) is 9.51. The lowest BCUT2D eigenvalue weighted by atomic mass is 10.0. The fourth-order valence-electron chi connectivity index (χ4n) is 3.84. The van der Waals surface area contributed by atoms with Crippen molar-refractivity contribution in [3.05, 3.63) is 83.4 Å². The summed E-state index contributed by atoms with van der Waals surface area (Å²) in [5.74, 6) is 0.344. The zero-order chi connectivity index (χ0) is 28.9. The van der Waals surface area contributed by atoms with Crippen LogP contribution in [0.2, 0.25) is 0 Å². The SMILES string of the molecule is CC(C)c1ccccc1NC(=O)NSN=Cc1ccc2c(N=C(N)c3ccc(OC(F)(F)F)cc3)nn(C)c2c1. The molecule has 13 heteroatoms. The predicted molar refractivity (Wildman–Crippen MR) is 152 cm³/mol. The average molecular weight is 570 g/mol. The van der Waals surface area contributed by atoms with E-state index in [9.17, 15) is 18.0 Å². The zero-order valence-electron chi connectivity index (χ0n) is 21.7. The number of carbonyl (C=O) groups excluding carboxylic acids is 1. The van der Waals surface area contributed by atoms with E-state index in [1.54, 1.807) is 17.9 Å². The van der Waals surface area contributed by atoms with Crippen LogP contribution in [0.1, 0.15) is 36.5 Å². The van der Waals surface area contributed by atoms with Gasteiger partial charge in [0, 0.05) is 29.9 Å². The van der Waals surface area contributed by atoms with Crippen LogP contribution in [0, 0.1) is 0 Å². The number of nitrogens with two attached hydrogens (primary N) is 1. The highest BCUT2D eigenvalue weighted by molar-refractivity contribution is 7.96. The number of urea groups is 1. The number of carbonyl (C=O) groups is 1. The number of ether oxygens (including phenoxy) is 1. The summed E-state index contributed by atoms with van der Waals surface area (Å²) in [6.45, 7) is 4.11. The summed E-state index contributed by atoms with van der Waals surface area (Å²) in [4.78, 5) is 16.6. The molecule has 0 spiro atoms. The van der Waals surface area contributed by atoms with Gasteiger partial charge in [0.15, 0.2) is 5.82 Å². The minimum Gasteiger partial charge on any atom is -0.406 e. The Bertz CT molecular complexity index is 1560. The molecule has 0 unspecified atom stereocenters. The Morgan fingerprint density at radius 1 is 1.12 bits per heavy atom. The van der Waals surface area contributed by atoms with E-state index < -0.39 is 6.36 Å². The van der Waals surface area contributed by atoms with Crippen molar-refractivity contribution in [2.24, 2.45) is 22.2 Å². The van der Waals surface area contributed by atoms with Gasteiger partial charge in [-0.25, -0.2) is 14.2 Å². The number of nitrogens with one attached hydrogen (secondary N) is 2. The Kier molecular flexibility index (Phi) is 8.63. The van der Waals surface area contributed by atoms with Crippen molar-refractivity contribution >= 4 is 52.6 Å². The number of aryl methyl sites for hydroxylation is 1. The highest BCUT2D eigenvalue weighted by Crippen LogP contribution is 2.27. The lowest BCUT2D eigenvalue weighted by Crippen LogP contribution is -2.23. The topological polar surface area (TPSA) is 119 Å². The standard InChI is InChI=1S/C27H26F3N7O2S/c1-16(2)20-6-4-5-7-22(20)33-26(38)36-40-32-15-17-8-13-21-23(14-17)37(3)35-25(21)34-24(31)18-9-11-19(12-10-18)39-27(28,29)30/h4-16H,1-3H3,(H2,31,34,35)(H2,33,36,38). The van der Waals surface area contributed by atoms with Crippen LogP contribution in [0.5, 0.6) is 5.75 Å². The van der Waals surface area contributed by atoms with Crippen molar-refractivity contribution in [1.29, 1.82) is 0 Å². The average Bonchev–Trinajstić information content (AvgIpc) is 3.20. The summed E-state index contributed by atoms with van der Waals surface area (Å²) in [5.41, 5.74) is 9.80. The van der Waals surface area contributed by atoms with Gasteiger partial charge in [-0.15, -0.1) is 13.2 Å². The van der Waals surface area contributed by atoms with Crippen molar-refractivity contribution in [3.63, 3.8) is 0 Å². The molecule has 40 heavy (non-hydrogen) atoms. The van der Waals surface area contributed by atoms with Crippen molar-refractivity contribution < 1.29 is 22.7 Å². The van der Waals surface area contributed by atoms with Gasteiger partial charge in [-0.1, -0.05) is 38.1 Å². The summed E-state index contributed by atoms with van der Waals surface area (Å²) in [6.07, 6.45) is -3.18. The molecule has 0 bridgehead atoms. The van der Waals surface area contributed by atoms with Crippen molar-refractivity contribution in [1.82, 2.24) is 14.5 Å². The molecular weight excluding hydrogens is 543 g/mol. The van der Waals surface area contributed by atoms with Gasteiger partial charge in [0.2, 0.25) is 0 Å². The van der Waals surface area contributed by atoms with Gasteiger partial charge in [0.25, 0.3) is 0 Å². The Morgan fingerprint density at radius 2 is 1.85 bits per heavy atom. The number of fused-ring (bicyclic) bond motifs is 1. The van der Waals surface area contributed by atoms with Crippen LogP contribution < -0.4 is 20.5 Å². The van der Waals surface area contributed by atoms with Crippen LogP contribution in [0.25, 0.3) is 10.9 Å². The van der Waals surface area contributed by atoms with Crippen molar-refractivity contribution in [3.8, 4) is 5.75 Å². The molecule has 0 aliphatic rings. The second kappa shape index (κ2) is 12.1. The summed E-state index contributed by atoms with van der Waals surface area (Å²) in [6, 6.07) is 17.8. The van der Waals surface area contributed by atoms with Gasteiger partial charge in [0.1, 0.15) is 11.6 Å². The maximum absolute atomic E-state index is 12.4. The molecule has 1 heterocycles. The van der Waals surface area contributed by atoms with E-state index >= 15 is 0 Å². The zero-order valence-corrected chi connectivity index (χ0v) is 22.5. The number of rotatable bonds is 8. The third-order valence-electron chi connectivity index (χ3n) is 5.69. The number of aromatic nitrogens is 2. The molecule has 9 nitrogen and oxygen atoms in total.